The smallest absolute Gasteiger partial charge is 0.199 e. The number of allylic oxidation sites excluding steroid dienone is 1. The van der Waals surface area contributed by atoms with Gasteiger partial charge in [0.15, 0.2) is 11.6 Å². The van der Waals surface area contributed by atoms with E-state index in [4.69, 9.17) is 0 Å². The third kappa shape index (κ3) is 2.77. The van der Waals surface area contributed by atoms with Crippen LogP contribution in [0, 0.1) is 5.82 Å². The Morgan fingerprint density at radius 1 is 0.912 bits per heavy atom. The van der Waals surface area contributed by atoms with Crippen LogP contribution in [0.1, 0.15) is 50.6 Å². The van der Waals surface area contributed by atoms with Gasteiger partial charge in [-0.3, -0.25) is 9.59 Å². The molecule has 0 atom stereocenters. The molecule has 0 saturated carbocycles. The van der Waals surface area contributed by atoms with Crippen LogP contribution in [0.3, 0.4) is 0 Å². The van der Waals surface area contributed by atoms with Crippen LogP contribution in [-0.2, 0) is 5.41 Å². The summed E-state index contributed by atoms with van der Waals surface area (Å²) in [6.07, 6.45) is 3.94. The number of benzene rings is 2. The standard InChI is InChI=1S/C27H18FN3O2S/c1-27(2)19-10-6-7-11-20(19)31(15-8-4-3-5-9-15)26-22(27)23(28)21(34-26)12-16-24(32)17-13-29-30-14-18(17)25(16)33/h3-14H,1-2H3. The Morgan fingerprint density at radius 3 is 2.21 bits per heavy atom. The fourth-order valence-corrected chi connectivity index (χ4v) is 6.14. The highest BCUT2D eigenvalue weighted by Crippen LogP contribution is 2.56. The average Bonchev–Trinajstić information content (AvgIpc) is 3.30. The van der Waals surface area contributed by atoms with E-state index < -0.39 is 22.8 Å². The second kappa shape index (κ2) is 7.27. The van der Waals surface area contributed by atoms with Gasteiger partial charge in [-0.2, -0.15) is 10.2 Å². The van der Waals surface area contributed by atoms with Crippen LogP contribution in [0.15, 0.2) is 72.6 Å². The Morgan fingerprint density at radius 2 is 1.53 bits per heavy atom. The van der Waals surface area contributed by atoms with E-state index >= 15 is 4.39 Å². The lowest BCUT2D eigenvalue weighted by Gasteiger charge is -2.39. The van der Waals surface area contributed by atoms with E-state index in [-0.39, 0.29) is 21.6 Å². The van der Waals surface area contributed by atoms with Crippen molar-refractivity contribution >= 4 is 45.4 Å². The Labute approximate surface area is 199 Å². The lowest BCUT2D eigenvalue weighted by molar-refractivity contribution is 0.0990. The largest absolute Gasteiger partial charge is 0.301 e. The summed E-state index contributed by atoms with van der Waals surface area (Å²) in [6, 6.07) is 17.8. The van der Waals surface area contributed by atoms with Crippen LogP contribution in [0.2, 0.25) is 0 Å². The van der Waals surface area contributed by atoms with Crippen LogP contribution in [0.25, 0.3) is 6.08 Å². The first-order valence-corrected chi connectivity index (χ1v) is 11.6. The maximum atomic E-state index is 16.1. The Hall–Kier alpha value is -3.97. The van der Waals surface area contributed by atoms with Gasteiger partial charge in [-0.05, 0) is 29.8 Å². The molecule has 7 heteroatoms. The summed E-state index contributed by atoms with van der Waals surface area (Å²) in [5.41, 5.74) is 3.15. The highest BCUT2D eigenvalue weighted by Gasteiger charge is 2.42. The molecule has 0 amide bonds. The maximum absolute atomic E-state index is 16.1. The van der Waals surface area contributed by atoms with Gasteiger partial charge in [0, 0.05) is 16.7 Å². The van der Waals surface area contributed by atoms with Gasteiger partial charge in [0.2, 0.25) is 0 Å². The molecule has 3 heterocycles. The molecule has 0 spiro atoms. The van der Waals surface area contributed by atoms with Gasteiger partial charge in [-0.25, -0.2) is 4.39 Å². The molecule has 2 aromatic carbocycles. The zero-order chi connectivity index (χ0) is 23.6. The van der Waals surface area contributed by atoms with Crippen LogP contribution < -0.4 is 4.90 Å². The van der Waals surface area contributed by atoms with E-state index in [9.17, 15) is 9.59 Å². The van der Waals surface area contributed by atoms with Crippen molar-refractivity contribution in [3.63, 3.8) is 0 Å². The van der Waals surface area contributed by atoms with Crippen molar-refractivity contribution in [2.75, 3.05) is 4.90 Å². The predicted molar refractivity (Wildman–Crippen MR) is 130 cm³/mol. The molecule has 0 bridgehead atoms. The van der Waals surface area contributed by atoms with Gasteiger partial charge in [-0.15, -0.1) is 11.3 Å². The molecule has 0 N–H and O–H groups in total. The van der Waals surface area contributed by atoms with Gasteiger partial charge in [0.1, 0.15) is 10.8 Å². The number of Topliss-reactive ketones (excluding diaryl/α,β-unsaturated/α-hetero) is 2. The molecule has 1 aliphatic carbocycles. The van der Waals surface area contributed by atoms with Crippen molar-refractivity contribution in [1.82, 2.24) is 10.2 Å². The second-order valence-electron chi connectivity index (χ2n) is 8.81. The molecule has 6 rings (SSSR count). The number of rotatable bonds is 2. The molecular weight excluding hydrogens is 449 g/mol. The number of hydrogen-bond acceptors (Lipinski definition) is 6. The maximum Gasteiger partial charge on any atom is 0.199 e. The average molecular weight is 468 g/mol. The second-order valence-corrected chi connectivity index (χ2v) is 9.84. The number of fused-ring (bicyclic) bond motifs is 3. The first-order valence-electron chi connectivity index (χ1n) is 10.8. The lowest BCUT2D eigenvalue weighted by atomic mass is 9.75. The number of nitrogens with zero attached hydrogens (tertiary/aromatic N) is 3. The Balaban J connectivity index is 1.58. The number of aromatic nitrogens is 2. The van der Waals surface area contributed by atoms with Crippen LogP contribution in [0.4, 0.5) is 20.8 Å². The number of ketones is 2. The van der Waals surface area contributed by atoms with Gasteiger partial charge < -0.3 is 4.90 Å². The van der Waals surface area contributed by atoms with Crippen molar-refractivity contribution in [3.05, 3.63) is 106 Å². The van der Waals surface area contributed by atoms with Gasteiger partial charge >= 0.3 is 0 Å². The van der Waals surface area contributed by atoms with E-state index in [0.29, 0.717) is 5.56 Å². The van der Waals surface area contributed by atoms with Gasteiger partial charge in [0.05, 0.1) is 39.7 Å². The number of carbonyl (C=O) groups excluding carboxylic acids is 2. The molecule has 166 valence electrons. The summed E-state index contributed by atoms with van der Waals surface area (Å²) in [6.45, 7) is 4.00. The monoisotopic (exact) mass is 467 g/mol. The summed E-state index contributed by atoms with van der Waals surface area (Å²) in [7, 11) is 0. The minimum Gasteiger partial charge on any atom is -0.301 e. The molecule has 4 aromatic rings. The quantitative estimate of drug-likeness (QED) is 0.258. The summed E-state index contributed by atoms with van der Waals surface area (Å²) in [5.74, 6) is -1.33. The zero-order valence-corrected chi connectivity index (χ0v) is 19.2. The minimum absolute atomic E-state index is 0.0659. The summed E-state index contributed by atoms with van der Waals surface area (Å²) in [4.78, 5) is 28.0. The van der Waals surface area contributed by atoms with Crippen molar-refractivity contribution in [2.24, 2.45) is 0 Å². The molecule has 1 aliphatic heterocycles. The molecule has 2 aromatic heterocycles. The van der Waals surface area contributed by atoms with Crippen molar-refractivity contribution < 1.29 is 14.0 Å². The molecule has 34 heavy (non-hydrogen) atoms. The summed E-state index contributed by atoms with van der Waals surface area (Å²) in [5, 5.41) is 8.15. The zero-order valence-electron chi connectivity index (χ0n) is 18.4. The van der Waals surface area contributed by atoms with Gasteiger partial charge in [0.25, 0.3) is 0 Å². The number of hydrogen-bond donors (Lipinski definition) is 0. The Bertz CT molecular complexity index is 1500. The molecular formula is C27H18FN3O2S. The molecule has 0 fully saturated rings. The SMILES string of the molecule is CC1(C)c2ccccc2N(c2ccccc2)c2sc(C=C3C(=O)c4cnncc4C3=O)c(F)c21. The Kier molecular flexibility index (Phi) is 4.41. The van der Waals surface area contributed by atoms with Crippen LogP contribution in [0.5, 0.6) is 0 Å². The topological polar surface area (TPSA) is 63.2 Å². The van der Waals surface area contributed by atoms with Gasteiger partial charge in [-0.1, -0.05) is 50.2 Å². The third-order valence-corrected chi connectivity index (χ3v) is 7.60. The van der Waals surface area contributed by atoms with Crippen molar-refractivity contribution in [1.29, 1.82) is 0 Å². The molecule has 0 radical (unpaired) electrons. The van der Waals surface area contributed by atoms with E-state index in [0.717, 1.165) is 21.9 Å². The van der Waals surface area contributed by atoms with E-state index in [2.05, 4.69) is 10.2 Å². The third-order valence-electron chi connectivity index (χ3n) is 6.50. The van der Waals surface area contributed by atoms with E-state index in [1.54, 1.807) is 0 Å². The minimum atomic E-state index is -0.616. The molecule has 0 saturated heterocycles. The number of anilines is 3. The van der Waals surface area contributed by atoms with E-state index in [1.807, 2.05) is 73.3 Å². The van der Waals surface area contributed by atoms with Crippen LogP contribution in [-0.4, -0.2) is 21.8 Å². The fraction of sp³-hybridized carbons (Fsp3) is 0.111. The fourth-order valence-electron chi connectivity index (χ4n) is 4.82. The number of para-hydroxylation sites is 2. The number of carbonyl (C=O) groups is 2. The predicted octanol–water partition coefficient (Wildman–Crippen LogP) is 6.25. The molecule has 2 aliphatic rings. The summed E-state index contributed by atoms with van der Waals surface area (Å²) >= 11 is 1.24. The van der Waals surface area contributed by atoms with Crippen LogP contribution >= 0.6 is 11.3 Å². The summed E-state index contributed by atoms with van der Waals surface area (Å²) < 4.78 is 16.1. The van der Waals surface area contributed by atoms with E-state index in [1.165, 1.54) is 29.8 Å². The van der Waals surface area contributed by atoms with Crippen molar-refractivity contribution in [2.45, 2.75) is 19.3 Å². The lowest BCUT2D eigenvalue weighted by Crippen LogP contribution is -2.30. The molecule has 0 unspecified atom stereocenters. The van der Waals surface area contributed by atoms with Crippen molar-refractivity contribution in [3.8, 4) is 0 Å². The molecule has 5 nitrogen and oxygen atoms in total. The highest BCUT2D eigenvalue weighted by molar-refractivity contribution is 7.17. The normalized spacial score (nSPS) is 15.7. The number of halogens is 1. The highest BCUT2D eigenvalue weighted by atomic mass is 32.1. The number of thiophene rings is 1. The first-order chi connectivity index (χ1) is 16.4. The first kappa shape index (κ1) is 20.6.